The van der Waals surface area contributed by atoms with Gasteiger partial charge in [0.15, 0.2) is 4.34 Å². The Balaban J connectivity index is 1.94. The summed E-state index contributed by atoms with van der Waals surface area (Å²) in [5.41, 5.74) is 5.47. The monoisotopic (exact) mass is 258 g/mol. The predicted octanol–water partition coefficient (Wildman–Crippen LogP) is 1.97. The normalized spacial score (nSPS) is 17.4. The summed E-state index contributed by atoms with van der Waals surface area (Å²) in [6, 6.07) is 0. The van der Waals surface area contributed by atoms with Crippen LogP contribution in [-0.2, 0) is 0 Å². The molecule has 0 amide bonds. The Morgan fingerprint density at radius 1 is 1.19 bits per heavy atom. The molecule has 1 aromatic rings. The molecule has 2 rings (SSSR count). The van der Waals surface area contributed by atoms with E-state index in [1.165, 1.54) is 25.7 Å². The van der Waals surface area contributed by atoms with Crippen molar-refractivity contribution in [3.05, 3.63) is 0 Å². The van der Waals surface area contributed by atoms with Crippen LogP contribution in [0.2, 0.25) is 0 Å². The molecule has 0 unspecified atom stereocenters. The molecule has 1 aliphatic rings. The van der Waals surface area contributed by atoms with Crippen molar-refractivity contribution in [3.8, 4) is 0 Å². The lowest BCUT2D eigenvalue weighted by Gasteiger charge is -2.17. The van der Waals surface area contributed by atoms with E-state index in [1.807, 2.05) is 0 Å². The van der Waals surface area contributed by atoms with Gasteiger partial charge in [-0.05, 0) is 12.8 Å². The number of thioether (sulfide) groups is 1. The van der Waals surface area contributed by atoms with Crippen LogP contribution >= 0.6 is 23.1 Å². The van der Waals surface area contributed by atoms with Gasteiger partial charge in [0.1, 0.15) is 0 Å². The summed E-state index contributed by atoms with van der Waals surface area (Å²) in [5, 5.41) is 9.55. The second kappa shape index (κ2) is 6.42. The van der Waals surface area contributed by atoms with Gasteiger partial charge in [0.2, 0.25) is 5.13 Å². The topological polar surface area (TPSA) is 55.0 Å². The first-order valence-corrected chi connectivity index (χ1v) is 7.61. The van der Waals surface area contributed by atoms with Gasteiger partial charge in [0.25, 0.3) is 0 Å². The van der Waals surface area contributed by atoms with E-state index in [-0.39, 0.29) is 0 Å². The van der Waals surface area contributed by atoms with Crippen molar-refractivity contribution in [3.63, 3.8) is 0 Å². The molecule has 2 N–H and O–H groups in total. The highest BCUT2D eigenvalue weighted by molar-refractivity contribution is 8.01. The van der Waals surface area contributed by atoms with E-state index in [9.17, 15) is 0 Å². The largest absolute Gasteiger partial charge is 0.347 e. The van der Waals surface area contributed by atoms with Crippen LogP contribution in [0.15, 0.2) is 4.34 Å². The zero-order valence-corrected chi connectivity index (χ0v) is 11.0. The SMILES string of the molecule is NCCSc1nnc(N2CCCCCC2)s1. The van der Waals surface area contributed by atoms with Gasteiger partial charge in [-0.2, -0.15) is 0 Å². The van der Waals surface area contributed by atoms with Crippen molar-refractivity contribution in [2.24, 2.45) is 5.73 Å². The van der Waals surface area contributed by atoms with E-state index in [2.05, 4.69) is 15.1 Å². The second-order valence-corrected chi connectivity index (χ2v) is 6.19. The highest BCUT2D eigenvalue weighted by Gasteiger charge is 2.14. The van der Waals surface area contributed by atoms with E-state index in [0.717, 1.165) is 28.3 Å². The number of nitrogens with two attached hydrogens (primary N) is 1. The fourth-order valence-electron chi connectivity index (χ4n) is 1.80. The molecule has 90 valence electrons. The van der Waals surface area contributed by atoms with Crippen LogP contribution in [0.1, 0.15) is 25.7 Å². The lowest BCUT2D eigenvalue weighted by Crippen LogP contribution is -2.23. The summed E-state index contributed by atoms with van der Waals surface area (Å²) in [4.78, 5) is 2.37. The minimum absolute atomic E-state index is 0.698. The standard InChI is InChI=1S/C10H18N4S2/c11-5-8-15-10-13-12-9(16-10)14-6-3-1-2-4-7-14/h1-8,11H2. The zero-order valence-electron chi connectivity index (χ0n) is 9.39. The van der Waals surface area contributed by atoms with Gasteiger partial charge in [-0.3, -0.25) is 0 Å². The Morgan fingerprint density at radius 2 is 1.94 bits per heavy atom. The number of anilines is 1. The first kappa shape index (κ1) is 12.1. The Bertz CT molecular complexity index is 308. The van der Waals surface area contributed by atoms with Gasteiger partial charge in [0, 0.05) is 25.4 Å². The molecule has 0 aliphatic carbocycles. The van der Waals surface area contributed by atoms with E-state index in [1.54, 1.807) is 23.1 Å². The lowest BCUT2D eigenvalue weighted by molar-refractivity contribution is 0.726. The summed E-state index contributed by atoms with van der Waals surface area (Å²) in [6.45, 7) is 2.97. The smallest absolute Gasteiger partial charge is 0.209 e. The van der Waals surface area contributed by atoms with Gasteiger partial charge in [-0.15, -0.1) is 10.2 Å². The molecule has 6 heteroatoms. The van der Waals surface area contributed by atoms with Crippen molar-refractivity contribution >= 4 is 28.2 Å². The Labute approximate surface area is 105 Å². The summed E-state index contributed by atoms with van der Waals surface area (Å²) < 4.78 is 1.05. The average Bonchev–Trinajstić information content (AvgIpc) is 2.60. The van der Waals surface area contributed by atoms with Gasteiger partial charge in [0.05, 0.1) is 0 Å². The maximum atomic E-state index is 5.47. The number of nitrogens with zero attached hydrogens (tertiary/aromatic N) is 3. The predicted molar refractivity (Wildman–Crippen MR) is 70.4 cm³/mol. The molecular formula is C10H18N4S2. The second-order valence-electron chi connectivity index (χ2n) is 3.89. The van der Waals surface area contributed by atoms with E-state index >= 15 is 0 Å². The van der Waals surface area contributed by atoms with E-state index in [0.29, 0.717) is 6.54 Å². The molecule has 1 aliphatic heterocycles. The first-order chi connectivity index (χ1) is 7.90. The highest BCUT2D eigenvalue weighted by atomic mass is 32.2. The highest BCUT2D eigenvalue weighted by Crippen LogP contribution is 2.28. The van der Waals surface area contributed by atoms with Crippen LogP contribution in [-0.4, -0.2) is 35.6 Å². The average molecular weight is 258 g/mol. The molecule has 0 radical (unpaired) electrons. The fourth-order valence-corrected chi connectivity index (χ4v) is 3.53. The minimum atomic E-state index is 0.698. The van der Waals surface area contributed by atoms with Crippen LogP contribution in [0.4, 0.5) is 5.13 Å². The summed E-state index contributed by atoms with van der Waals surface area (Å²) >= 11 is 3.40. The zero-order chi connectivity index (χ0) is 11.2. The van der Waals surface area contributed by atoms with Crippen molar-refractivity contribution in [2.75, 3.05) is 30.3 Å². The first-order valence-electron chi connectivity index (χ1n) is 5.81. The van der Waals surface area contributed by atoms with Crippen molar-refractivity contribution in [1.29, 1.82) is 0 Å². The van der Waals surface area contributed by atoms with Gasteiger partial charge in [-0.1, -0.05) is 35.9 Å². The number of aromatic nitrogens is 2. The molecule has 1 fully saturated rings. The van der Waals surface area contributed by atoms with E-state index in [4.69, 9.17) is 5.73 Å². The molecule has 0 atom stereocenters. The van der Waals surface area contributed by atoms with Gasteiger partial charge in [-0.25, -0.2) is 0 Å². The van der Waals surface area contributed by atoms with E-state index < -0.39 is 0 Å². The van der Waals surface area contributed by atoms with Gasteiger partial charge < -0.3 is 10.6 Å². The number of hydrogen-bond acceptors (Lipinski definition) is 6. The molecule has 4 nitrogen and oxygen atoms in total. The van der Waals surface area contributed by atoms with Crippen LogP contribution in [0, 0.1) is 0 Å². The third kappa shape index (κ3) is 3.33. The summed E-state index contributed by atoms with van der Waals surface area (Å²) in [6.07, 6.45) is 5.27. The number of hydrogen-bond donors (Lipinski definition) is 1. The molecular weight excluding hydrogens is 240 g/mol. The molecule has 16 heavy (non-hydrogen) atoms. The molecule has 0 aromatic carbocycles. The minimum Gasteiger partial charge on any atom is -0.347 e. The lowest BCUT2D eigenvalue weighted by atomic mass is 10.2. The summed E-state index contributed by atoms with van der Waals surface area (Å²) in [5.74, 6) is 0.925. The van der Waals surface area contributed by atoms with Crippen molar-refractivity contribution < 1.29 is 0 Å². The fraction of sp³-hybridized carbons (Fsp3) is 0.800. The third-order valence-corrected chi connectivity index (χ3v) is 4.77. The Kier molecular flexibility index (Phi) is 4.87. The maximum Gasteiger partial charge on any atom is 0.209 e. The molecule has 0 saturated carbocycles. The Hall–Kier alpha value is -0.330. The molecule has 0 spiro atoms. The molecule has 1 aromatic heterocycles. The van der Waals surface area contributed by atoms with Crippen LogP contribution < -0.4 is 10.6 Å². The van der Waals surface area contributed by atoms with Crippen LogP contribution in [0.5, 0.6) is 0 Å². The summed E-state index contributed by atoms with van der Waals surface area (Å²) in [7, 11) is 0. The van der Waals surface area contributed by atoms with Crippen LogP contribution in [0.25, 0.3) is 0 Å². The quantitative estimate of drug-likeness (QED) is 0.837. The maximum absolute atomic E-state index is 5.47. The Morgan fingerprint density at radius 3 is 2.62 bits per heavy atom. The molecule has 0 bridgehead atoms. The molecule has 2 heterocycles. The number of rotatable bonds is 4. The van der Waals surface area contributed by atoms with Crippen LogP contribution in [0.3, 0.4) is 0 Å². The third-order valence-electron chi connectivity index (χ3n) is 2.62. The molecule has 1 saturated heterocycles. The van der Waals surface area contributed by atoms with Crippen molar-refractivity contribution in [1.82, 2.24) is 10.2 Å². The van der Waals surface area contributed by atoms with Crippen molar-refractivity contribution in [2.45, 2.75) is 30.0 Å². The van der Waals surface area contributed by atoms with Gasteiger partial charge >= 0.3 is 0 Å².